The van der Waals surface area contributed by atoms with E-state index in [1.807, 2.05) is 6.92 Å². The molecule has 0 aromatic rings. The zero-order valence-corrected chi connectivity index (χ0v) is 9.55. The van der Waals surface area contributed by atoms with Crippen LogP contribution in [0.5, 0.6) is 0 Å². The van der Waals surface area contributed by atoms with Crippen molar-refractivity contribution in [3.63, 3.8) is 0 Å². The lowest BCUT2D eigenvalue weighted by molar-refractivity contribution is -0.135. The van der Waals surface area contributed by atoms with Gasteiger partial charge in [0.2, 0.25) is 0 Å². The van der Waals surface area contributed by atoms with E-state index in [9.17, 15) is 0 Å². The van der Waals surface area contributed by atoms with Crippen molar-refractivity contribution in [2.24, 2.45) is 0 Å². The molecule has 2 nitrogen and oxygen atoms in total. The minimum absolute atomic E-state index is 0.0830. The molecule has 1 aliphatic heterocycles. The smallest absolute Gasteiger partial charge is 0.126 e. The summed E-state index contributed by atoms with van der Waals surface area (Å²) in [5.74, 6) is 5.80. The van der Waals surface area contributed by atoms with Crippen molar-refractivity contribution in [1.82, 2.24) is 0 Å². The summed E-state index contributed by atoms with van der Waals surface area (Å²) in [6, 6.07) is 0. The largest absolute Gasteiger partial charge is 0.381 e. The maximum absolute atomic E-state index is 9.10. The van der Waals surface area contributed by atoms with E-state index in [0.717, 1.165) is 19.3 Å². The van der Waals surface area contributed by atoms with Gasteiger partial charge in [-0.05, 0) is 47.0 Å². The third kappa shape index (κ3) is 3.32. The van der Waals surface area contributed by atoms with Gasteiger partial charge >= 0.3 is 0 Å². The zero-order chi connectivity index (χ0) is 10.8. The van der Waals surface area contributed by atoms with Crippen LogP contribution in [-0.4, -0.2) is 22.4 Å². The molecule has 0 spiro atoms. The number of aliphatic hydroxyl groups is 1. The van der Waals surface area contributed by atoms with E-state index >= 15 is 0 Å². The fourth-order valence-electron chi connectivity index (χ4n) is 1.91. The Morgan fingerprint density at radius 2 is 1.93 bits per heavy atom. The molecular formula is C12H20O2. The van der Waals surface area contributed by atoms with Crippen LogP contribution in [-0.2, 0) is 4.74 Å². The Hall–Kier alpha value is -0.520. The molecule has 80 valence electrons. The van der Waals surface area contributed by atoms with E-state index in [2.05, 4.69) is 25.7 Å². The van der Waals surface area contributed by atoms with Crippen molar-refractivity contribution >= 4 is 0 Å². The summed E-state index contributed by atoms with van der Waals surface area (Å²) in [5, 5.41) is 9.10. The molecule has 0 unspecified atom stereocenters. The van der Waals surface area contributed by atoms with E-state index in [-0.39, 0.29) is 11.2 Å². The second-order valence-corrected chi connectivity index (χ2v) is 4.89. The average molecular weight is 196 g/mol. The highest BCUT2D eigenvalue weighted by Gasteiger charge is 2.35. The second kappa shape index (κ2) is 3.92. The molecule has 0 aliphatic carbocycles. The summed E-state index contributed by atoms with van der Waals surface area (Å²) in [4.78, 5) is 0. The Kier molecular flexibility index (Phi) is 3.24. The van der Waals surface area contributed by atoms with Crippen LogP contribution in [0.15, 0.2) is 0 Å². The van der Waals surface area contributed by atoms with Gasteiger partial charge in [-0.2, -0.15) is 0 Å². The predicted octanol–water partition coefficient (Wildman–Crippen LogP) is 2.11. The summed E-state index contributed by atoms with van der Waals surface area (Å²) < 4.78 is 5.93. The van der Waals surface area contributed by atoms with Crippen LogP contribution < -0.4 is 0 Å². The van der Waals surface area contributed by atoms with Gasteiger partial charge in [0.15, 0.2) is 0 Å². The van der Waals surface area contributed by atoms with Gasteiger partial charge in [0.1, 0.15) is 11.7 Å². The first-order valence-electron chi connectivity index (χ1n) is 5.24. The van der Waals surface area contributed by atoms with Gasteiger partial charge in [-0.15, -0.1) is 0 Å². The molecule has 2 heteroatoms. The fraction of sp³-hybridized carbons (Fsp3) is 0.833. The fourth-order valence-corrected chi connectivity index (χ4v) is 1.91. The Bertz CT molecular complexity index is 257. The maximum Gasteiger partial charge on any atom is 0.126 e. The van der Waals surface area contributed by atoms with Gasteiger partial charge < -0.3 is 9.84 Å². The summed E-state index contributed by atoms with van der Waals surface area (Å²) in [6.07, 6.45) is 2.60. The highest BCUT2D eigenvalue weighted by molar-refractivity contribution is 5.16. The monoisotopic (exact) mass is 196 g/mol. The van der Waals surface area contributed by atoms with Crippen LogP contribution in [0.4, 0.5) is 0 Å². The second-order valence-electron chi connectivity index (χ2n) is 4.89. The topological polar surface area (TPSA) is 29.5 Å². The predicted molar refractivity (Wildman–Crippen MR) is 56.9 cm³/mol. The van der Waals surface area contributed by atoms with Crippen LogP contribution >= 0.6 is 0 Å². The molecule has 2 atom stereocenters. The first kappa shape index (κ1) is 11.6. The SMILES string of the molecule is C[C@@H](O)C#C[C@@]1(C)CCCC(C)(C)O1. The molecule has 0 radical (unpaired) electrons. The molecule has 1 rings (SSSR count). The van der Waals surface area contributed by atoms with E-state index in [4.69, 9.17) is 9.84 Å². The van der Waals surface area contributed by atoms with Crippen molar-refractivity contribution in [2.75, 3.05) is 0 Å². The Morgan fingerprint density at radius 1 is 1.29 bits per heavy atom. The highest BCUT2D eigenvalue weighted by Crippen LogP contribution is 2.34. The van der Waals surface area contributed by atoms with Crippen molar-refractivity contribution < 1.29 is 9.84 Å². The van der Waals surface area contributed by atoms with E-state index < -0.39 is 6.10 Å². The van der Waals surface area contributed by atoms with Crippen molar-refractivity contribution in [3.05, 3.63) is 0 Å². The molecule has 0 amide bonds. The molecule has 1 heterocycles. The lowest BCUT2D eigenvalue weighted by Crippen LogP contribution is -2.42. The third-order valence-corrected chi connectivity index (χ3v) is 2.48. The molecule has 1 saturated heterocycles. The molecule has 0 aromatic carbocycles. The van der Waals surface area contributed by atoms with Crippen molar-refractivity contribution in [2.45, 2.75) is 64.3 Å². The standard InChI is InChI=1S/C12H20O2/c1-10(13)6-9-12(4)8-5-7-11(2,3)14-12/h10,13H,5,7-8H2,1-4H3/t10-,12-/m1/s1. The normalized spacial score (nSPS) is 32.9. The third-order valence-electron chi connectivity index (χ3n) is 2.48. The van der Waals surface area contributed by atoms with Crippen LogP contribution in [0.1, 0.15) is 47.0 Å². The Morgan fingerprint density at radius 3 is 2.43 bits per heavy atom. The lowest BCUT2D eigenvalue weighted by Gasteiger charge is -2.40. The van der Waals surface area contributed by atoms with Crippen LogP contribution in [0, 0.1) is 11.8 Å². The molecule has 1 N–H and O–H groups in total. The summed E-state index contributed by atoms with van der Waals surface area (Å²) >= 11 is 0. The van der Waals surface area contributed by atoms with Gasteiger partial charge in [-0.1, -0.05) is 11.8 Å². The van der Waals surface area contributed by atoms with Crippen LogP contribution in [0.3, 0.4) is 0 Å². The van der Waals surface area contributed by atoms with Gasteiger partial charge in [-0.3, -0.25) is 0 Å². The summed E-state index contributed by atoms with van der Waals surface area (Å²) in [7, 11) is 0. The quantitative estimate of drug-likeness (QED) is 0.601. The summed E-state index contributed by atoms with van der Waals surface area (Å²) in [6.45, 7) is 7.86. The minimum atomic E-state index is -0.569. The molecule has 0 saturated carbocycles. The first-order valence-corrected chi connectivity index (χ1v) is 5.24. The number of rotatable bonds is 0. The first-order chi connectivity index (χ1) is 6.33. The number of hydrogen-bond donors (Lipinski definition) is 1. The van der Waals surface area contributed by atoms with Gasteiger partial charge in [-0.25, -0.2) is 0 Å². The van der Waals surface area contributed by atoms with Crippen molar-refractivity contribution in [3.8, 4) is 11.8 Å². The molecule has 0 aromatic heterocycles. The minimum Gasteiger partial charge on any atom is -0.381 e. The van der Waals surface area contributed by atoms with E-state index in [0.29, 0.717) is 0 Å². The number of aliphatic hydroxyl groups excluding tert-OH is 1. The van der Waals surface area contributed by atoms with Gasteiger partial charge in [0.05, 0.1) is 5.60 Å². The number of hydrogen-bond acceptors (Lipinski definition) is 2. The average Bonchev–Trinajstić information content (AvgIpc) is 1.98. The van der Waals surface area contributed by atoms with Crippen molar-refractivity contribution in [1.29, 1.82) is 0 Å². The lowest BCUT2D eigenvalue weighted by atomic mass is 9.88. The maximum atomic E-state index is 9.10. The van der Waals surface area contributed by atoms with Crippen LogP contribution in [0.25, 0.3) is 0 Å². The molecule has 1 aliphatic rings. The van der Waals surface area contributed by atoms with Gasteiger partial charge in [0, 0.05) is 0 Å². The highest BCUT2D eigenvalue weighted by atomic mass is 16.5. The van der Waals surface area contributed by atoms with Gasteiger partial charge in [0.25, 0.3) is 0 Å². The van der Waals surface area contributed by atoms with Crippen LogP contribution in [0.2, 0.25) is 0 Å². The zero-order valence-electron chi connectivity index (χ0n) is 9.55. The Labute approximate surface area is 86.7 Å². The van der Waals surface area contributed by atoms with E-state index in [1.54, 1.807) is 6.92 Å². The molecule has 14 heavy (non-hydrogen) atoms. The number of ether oxygens (including phenoxy) is 1. The van der Waals surface area contributed by atoms with E-state index in [1.165, 1.54) is 0 Å². The summed E-state index contributed by atoms with van der Waals surface area (Å²) in [5.41, 5.74) is -0.459. The molecule has 1 fully saturated rings. The Balaban J connectivity index is 2.71. The molecule has 0 bridgehead atoms. The molecular weight excluding hydrogens is 176 g/mol.